The minimum atomic E-state index is -0.424. The van der Waals surface area contributed by atoms with Crippen LogP contribution in [0, 0.1) is 0 Å². The highest BCUT2D eigenvalue weighted by atomic mass is 16.3. The summed E-state index contributed by atoms with van der Waals surface area (Å²) >= 11 is 0. The van der Waals surface area contributed by atoms with Crippen molar-refractivity contribution >= 4 is 0 Å². The van der Waals surface area contributed by atoms with Crippen molar-refractivity contribution in [3.8, 4) is 0 Å². The quantitative estimate of drug-likeness (QED) is 0.492. The maximum Gasteiger partial charge on any atom is 0.0938 e. The van der Waals surface area contributed by atoms with Crippen LogP contribution >= 0.6 is 0 Å². The lowest BCUT2D eigenvalue weighted by molar-refractivity contribution is -0.00907. The highest BCUT2D eigenvalue weighted by Gasteiger charge is 2.45. The van der Waals surface area contributed by atoms with Crippen molar-refractivity contribution in [1.29, 1.82) is 0 Å². The van der Waals surface area contributed by atoms with E-state index in [2.05, 4.69) is 17.3 Å². The van der Waals surface area contributed by atoms with Gasteiger partial charge in [0.1, 0.15) is 0 Å². The molecule has 0 bridgehead atoms. The minimum Gasteiger partial charge on any atom is -0.387 e. The van der Waals surface area contributed by atoms with Gasteiger partial charge in [0.2, 0.25) is 0 Å². The molecule has 0 aromatic heterocycles. The Hall–Kier alpha value is -0.120. The SMILES string of the molecule is CN1CC[C@]2(O)CNCC[C@H]12. The van der Waals surface area contributed by atoms with Crippen LogP contribution in [-0.4, -0.2) is 48.3 Å². The molecule has 0 saturated carbocycles. The van der Waals surface area contributed by atoms with Crippen LogP contribution in [-0.2, 0) is 0 Å². The molecule has 0 aliphatic carbocycles. The van der Waals surface area contributed by atoms with Gasteiger partial charge in [0.25, 0.3) is 0 Å². The van der Waals surface area contributed by atoms with Crippen molar-refractivity contribution in [2.75, 3.05) is 26.7 Å². The number of likely N-dealkylation sites (N-methyl/N-ethyl adjacent to an activating group) is 1. The van der Waals surface area contributed by atoms with Gasteiger partial charge >= 0.3 is 0 Å². The Labute approximate surface area is 67.4 Å². The number of nitrogens with one attached hydrogen (secondary N) is 1. The number of rotatable bonds is 0. The fraction of sp³-hybridized carbons (Fsp3) is 1.00. The summed E-state index contributed by atoms with van der Waals surface area (Å²) in [6.45, 7) is 2.88. The average Bonchev–Trinajstić information content (AvgIpc) is 2.29. The molecule has 2 atom stereocenters. The van der Waals surface area contributed by atoms with Crippen molar-refractivity contribution in [3.63, 3.8) is 0 Å². The molecule has 2 rings (SSSR count). The van der Waals surface area contributed by atoms with Gasteiger partial charge in [0.15, 0.2) is 0 Å². The van der Waals surface area contributed by atoms with Crippen molar-refractivity contribution in [2.24, 2.45) is 0 Å². The molecule has 11 heavy (non-hydrogen) atoms. The number of nitrogens with zero attached hydrogens (tertiary/aromatic N) is 1. The van der Waals surface area contributed by atoms with Crippen LogP contribution in [0.15, 0.2) is 0 Å². The first-order valence-corrected chi connectivity index (χ1v) is 4.36. The number of piperidine rings is 1. The van der Waals surface area contributed by atoms with E-state index in [-0.39, 0.29) is 0 Å². The number of likely N-dealkylation sites (tertiary alicyclic amines) is 1. The lowest BCUT2D eigenvalue weighted by Crippen LogP contribution is -2.55. The maximum atomic E-state index is 10.1. The minimum absolute atomic E-state index is 0.406. The predicted octanol–water partition coefficient (Wildman–Crippen LogP) is -0.585. The lowest BCUT2D eigenvalue weighted by atomic mass is 9.89. The second-order valence-corrected chi connectivity index (χ2v) is 3.82. The van der Waals surface area contributed by atoms with Crippen LogP contribution in [0.4, 0.5) is 0 Å². The summed E-state index contributed by atoms with van der Waals surface area (Å²) in [6.07, 6.45) is 2.02. The van der Waals surface area contributed by atoms with E-state index in [0.717, 1.165) is 32.5 Å². The van der Waals surface area contributed by atoms with Crippen LogP contribution in [0.3, 0.4) is 0 Å². The van der Waals surface area contributed by atoms with Crippen molar-refractivity contribution in [3.05, 3.63) is 0 Å². The fourth-order valence-corrected chi connectivity index (χ4v) is 2.34. The number of fused-ring (bicyclic) bond motifs is 1. The van der Waals surface area contributed by atoms with E-state index >= 15 is 0 Å². The van der Waals surface area contributed by atoms with Gasteiger partial charge in [0, 0.05) is 19.1 Å². The molecular formula is C8H16N2O. The maximum absolute atomic E-state index is 10.1. The molecule has 2 aliphatic heterocycles. The molecule has 0 unspecified atom stereocenters. The molecule has 0 aromatic rings. The van der Waals surface area contributed by atoms with E-state index in [0.29, 0.717) is 6.04 Å². The molecule has 0 spiro atoms. The Morgan fingerprint density at radius 2 is 2.45 bits per heavy atom. The van der Waals surface area contributed by atoms with Crippen LogP contribution in [0.25, 0.3) is 0 Å². The number of hydrogen-bond acceptors (Lipinski definition) is 3. The van der Waals surface area contributed by atoms with Gasteiger partial charge in [0.05, 0.1) is 5.60 Å². The predicted molar refractivity (Wildman–Crippen MR) is 43.5 cm³/mol. The van der Waals surface area contributed by atoms with Crippen LogP contribution in [0.1, 0.15) is 12.8 Å². The van der Waals surface area contributed by atoms with Gasteiger partial charge < -0.3 is 15.3 Å². The molecule has 0 amide bonds. The van der Waals surface area contributed by atoms with Gasteiger partial charge in [-0.25, -0.2) is 0 Å². The molecule has 2 saturated heterocycles. The third-order valence-electron chi connectivity index (χ3n) is 3.08. The van der Waals surface area contributed by atoms with E-state index in [9.17, 15) is 5.11 Å². The molecular weight excluding hydrogens is 140 g/mol. The van der Waals surface area contributed by atoms with E-state index in [1.165, 1.54) is 0 Å². The largest absolute Gasteiger partial charge is 0.387 e. The van der Waals surface area contributed by atoms with E-state index < -0.39 is 5.60 Å². The summed E-state index contributed by atoms with van der Waals surface area (Å²) in [4.78, 5) is 2.28. The monoisotopic (exact) mass is 156 g/mol. The molecule has 0 aromatic carbocycles. The average molecular weight is 156 g/mol. The Kier molecular flexibility index (Phi) is 1.67. The Balaban J connectivity index is 2.14. The highest BCUT2D eigenvalue weighted by molar-refractivity contribution is 5.02. The molecule has 0 radical (unpaired) electrons. The molecule has 3 heteroatoms. The Morgan fingerprint density at radius 3 is 3.18 bits per heavy atom. The highest BCUT2D eigenvalue weighted by Crippen LogP contribution is 2.30. The summed E-state index contributed by atoms with van der Waals surface area (Å²) < 4.78 is 0. The fourth-order valence-electron chi connectivity index (χ4n) is 2.34. The first kappa shape index (κ1) is 7.53. The molecule has 2 aliphatic rings. The first-order chi connectivity index (χ1) is 5.22. The molecule has 2 heterocycles. The number of hydrogen-bond donors (Lipinski definition) is 2. The van der Waals surface area contributed by atoms with Gasteiger partial charge in [-0.15, -0.1) is 0 Å². The number of aliphatic hydroxyl groups is 1. The summed E-state index contributed by atoms with van der Waals surface area (Å²) in [5.74, 6) is 0. The molecule has 64 valence electrons. The first-order valence-electron chi connectivity index (χ1n) is 4.36. The molecule has 2 fully saturated rings. The second kappa shape index (κ2) is 2.44. The van der Waals surface area contributed by atoms with Gasteiger partial charge in [-0.1, -0.05) is 0 Å². The van der Waals surface area contributed by atoms with Crippen molar-refractivity contribution in [2.45, 2.75) is 24.5 Å². The van der Waals surface area contributed by atoms with Gasteiger partial charge in [-0.3, -0.25) is 0 Å². The van der Waals surface area contributed by atoms with Gasteiger partial charge in [-0.2, -0.15) is 0 Å². The zero-order valence-electron chi connectivity index (χ0n) is 7.01. The summed E-state index contributed by atoms with van der Waals surface area (Å²) in [5, 5.41) is 13.3. The van der Waals surface area contributed by atoms with Crippen molar-refractivity contribution in [1.82, 2.24) is 10.2 Å². The number of β-amino-alcohol motifs (C(OH)–C–C–N with tert-alkyl or cyclic N) is 1. The van der Waals surface area contributed by atoms with E-state index in [1.54, 1.807) is 0 Å². The zero-order valence-corrected chi connectivity index (χ0v) is 7.01. The van der Waals surface area contributed by atoms with Crippen LogP contribution in [0.2, 0.25) is 0 Å². The van der Waals surface area contributed by atoms with Crippen molar-refractivity contribution < 1.29 is 5.11 Å². The van der Waals surface area contributed by atoms with Gasteiger partial charge in [-0.05, 0) is 26.4 Å². The van der Waals surface area contributed by atoms with E-state index in [4.69, 9.17) is 0 Å². The molecule has 3 nitrogen and oxygen atoms in total. The van der Waals surface area contributed by atoms with Crippen LogP contribution < -0.4 is 5.32 Å². The molecule has 2 N–H and O–H groups in total. The van der Waals surface area contributed by atoms with Crippen LogP contribution in [0.5, 0.6) is 0 Å². The smallest absolute Gasteiger partial charge is 0.0938 e. The zero-order chi connectivity index (χ0) is 7.90. The standard InChI is InChI=1S/C8H16N2O/c1-10-5-3-8(11)6-9-4-2-7(8)10/h7,9,11H,2-6H2,1H3/t7-,8-/m0/s1. The second-order valence-electron chi connectivity index (χ2n) is 3.82. The summed E-state index contributed by atoms with van der Waals surface area (Å²) in [5.41, 5.74) is -0.424. The third kappa shape index (κ3) is 1.08. The normalized spacial score (nSPS) is 45.8. The van der Waals surface area contributed by atoms with E-state index in [1.807, 2.05) is 0 Å². The summed E-state index contributed by atoms with van der Waals surface area (Å²) in [7, 11) is 2.11. The Morgan fingerprint density at radius 1 is 1.64 bits per heavy atom. The Bertz CT molecular complexity index is 158. The lowest BCUT2D eigenvalue weighted by Gasteiger charge is -2.37. The third-order valence-corrected chi connectivity index (χ3v) is 3.08. The topological polar surface area (TPSA) is 35.5 Å². The summed E-state index contributed by atoms with van der Waals surface area (Å²) in [6, 6.07) is 0.406.